The third-order valence-electron chi connectivity index (χ3n) is 3.11. The largest absolute Gasteiger partial charge is 0.368 e. The van der Waals surface area contributed by atoms with Gasteiger partial charge in [0.05, 0.1) is 0 Å². The van der Waals surface area contributed by atoms with E-state index in [0.717, 1.165) is 4.47 Å². The van der Waals surface area contributed by atoms with Crippen molar-refractivity contribution in [3.63, 3.8) is 0 Å². The van der Waals surface area contributed by atoms with Crippen LogP contribution < -0.4 is 11.1 Å². The first-order valence-corrected chi connectivity index (χ1v) is 6.81. The van der Waals surface area contributed by atoms with Crippen LogP contribution >= 0.6 is 15.9 Å². The number of amides is 1. The number of nitrogens with one attached hydrogen (secondary N) is 1. The van der Waals surface area contributed by atoms with E-state index in [1.54, 1.807) is 31.2 Å². The normalized spacial score (nSPS) is 13.6. The summed E-state index contributed by atoms with van der Waals surface area (Å²) in [5, 5.41) is 3.00. The highest BCUT2D eigenvalue weighted by molar-refractivity contribution is 9.10. The molecule has 2 aromatic rings. The van der Waals surface area contributed by atoms with Crippen LogP contribution in [-0.2, 0) is 10.3 Å². The molecule has 0 aliphatic carbocycles. The van der Waals surface area contributed by atoms with Gasteiger partial charge in [0.15, 0.2) is 0 Å². The topological polar surface area (TPSA) is 55.1 Å². The van der Waals surface area contributed by atoms with Gasteiger partial charge in [-0.25, -0.2) is 4.39 Å². The van der Waals surface area contributed by atoms with E-state index in [4.69, 9.17) is 5.73 Å². The highest BCUT2D eigenvalue weighted by Crippen LogP contribution is 2.28. The van der Waals surface area contributed by atoms with Crippen LogP contribution in [0.15, 0.2) is 53.0 Å². The van der Waals surface area contributed by atoms with E-state index in [0.29, 0.717) is 11.3 Å². The second kappa shape index (κ2) is 5.63. The Morgan fingerprint density at radius 1 is 1.25 bits per heavy atom. The summed E-state index contributed by atoms with van der Waals surface area (Å²) in [6, 6.07) is 13.2. The standard InChI is InChI=1S/C15H14BrFN2O/c1-15(14(18)20,10-4-2-5-11(16)8-10)19-13-7-3-6-12(17)9-13/h2-9,19H,1H3,(H2,18,20). The van der Waals surface area contributed by atoms with Crippen molar-refractivity contribution in [2.24, 2.45) is 5.73 Å². The lowest BCUT2D eigenvalue weighted by atomic mass is 9.91. The van der Waals surface area contributed by atoms with E-state index in [1.807, 2.05) is 12.1 Å². The molecule has 3 nitrogen and oxygen atoms in total. The second-order valence-corrected chi connectivity index (χ2v) is 5.55. The number of primary amides is 1. The molecule has 1 atom stereocenters. The van der Waals surface area contributed by atoms with Crippen molar-refractivity contribution in [3.8, 4) is 0 Å². The zero-order valence-electron chi connectivity index (χ0n) is 10.9. The van der Waals surface area contributed by atoms with Crippen molar-refractivity contribution in [2.75, 3.05) is 5.32 Å². The van der Waals surface area contributed by atoms with Gasteiger partial charge >= 0.3 is 0 Å². The SMILES string of the molecule is CC(Nc1cccc(F)c1)(C(N)=O)c1cccc(Br)c1. The molecule has 2 rings (SSSR count). The van der Waals surface area contributed by atoms with E-state index in [9.17, 15) is 9.18 Å². The summed E-state index contributed by atoms with van der Waals surface area (Å²) >= 11 is 3.36. The molecule has 0 spiro atoms. The Balaban J connectivity index is 2.42. The summed E-state index contributed by atoms with van der Waals surface area (Å²) in [5.74, 6) is -0.920. The molecule has 0 bridgehead atoms. The van der Waals surface area contributed by atoms with Crippen LogP contribution in [0.25, 0.3) is 0 Å². The number of halogens is 2. The van der Waals surface area contributed by atoms with E-state index in [1.165, 1.54) is 12.1 Å². The van der Waals surface area contributed by atoms with Crippen LogP contribution in [0.3, 0.4) is 0 Å². The van der Waals surface area contributed by atoms with Gasteiger partial charge in [0.25, 0.3) is 0 Å². The van der Waals surface area contributed by atoms with Gasteiger partial charge in [-0.05, 0) is 42.8 Å². The fourth-order valence-corrected chi connectivity index (χ4v) is 2.33. The second-order valence-electron chi connectivity index (χ2n) is 4.63. The summed E-state index contributed by atoms with van der Waals surface area (Å²) in [4.78, 5) is 11.9. The molecule has 0 fully saturated rings. The Morgan fingerprint density at radius 3 is 2.55 bits per heavy atom. The van der Waals surface area contributed by atoms with E-state index in [-0.39, 0.29) is 5.82 Å². The quantitative estimate of drug-likeness (QED) is 0.898. The third kappa shape index (κ3) is 2.99. The lowest BCUT2D eigenvalue weighted by Gasteiger charge is -2.29. The molecular weight excluding hydrogens is 323 g/mol. The van der Waals surface area contributed by atoms with Crippen LogP contribution in [0.4, 0.5) is 10.1 Å². The van der Waals surface area contributed by atoms with Crippen molar-refractivity contribution >= 4 is 27.5 Å². The summed E-state index contributed by atoms with van der Waals surface area (Å²) in [7, 11) is 0. The molecule has 20 heavy (non-hydrogen) atoms. The van der Waals surface area contributed by atoms with Crippen molar-refractivity contribution in [3.05, 3.63) is 64.4 Å². The molecule has 0 radical (unpaired) electrons. The van der Waals surface area contributed by atoms with Gasteiger partial charge < -0.3 is 11.1 Å². The highest BCUT2D eigenvalue weighted by atomic mass is 79.9. The summed E-state index contributed by atoms with van der Waals surface area (Å²) in [6.07, 6.45) is 0. The van der Waals surface area contributed by atoms with Crippen molar-refractivity contribution in [1.29, 1.82) is 0 Å². The minimum atomic E-state index is -1.13. The molecular formula is C15H14BrFN2O. The molecule has 0 aromatic heterocycles. The third-order valence-corrected chi connectivity index (χ3v) is 3.61. The van der Waals surface area contributed by atoms with Crippen LogP contribution in [0, 0.1) is 5.82 Å². The minimum Gasteiger partial charge on any atom is -0.368 e. The molecule has 1 unspecified atom stereocenters. The molecule has 2 aromatic carbocycles. The molecule has 0 aliphatic rings. The number of hydrogen-bond donors (Lipinski definition) is 2. The molecule has 104 valence electrons. The molecule has 1 amide bonds. The van der Waals surface area contributed by atoms with Gasteiger partial charge in [-0.2, -0.15) is 0 Å². The van der Waals surface area contributed by atoms with Crippen LogP contribution in [0.1, 0.15) is 12.5 Å². The highest BCUT2D eigenvalue weighted by Gasteiger charge is 2.33. The Morgan fingerprint density at radius 2 is 1.95 bits per heavy atom. The lowest BCUT2D eigenvalue weighted by molar-refractivity contribution is -0.122. The van der Waals surface area contributed by atoms with Crippen molar-refractivity contribution < 1.29 is 9.18 Å². The first-order chi connectivity index (χ1) is 9.41. The van der Waals surface area contributed by atoms with Gasteiger partial charge in [-0.1, -0.05) is 34.1 Å². The molecule has 0 aliphatic heterocycles. The number of carbonyl (C=O) groups excluding carboxylic acids is 1. The smallest absolute Gasteiger partial charge is 0.247 e. The lowest BCUT2D eigenvalue weighted by Crippen LogP contribution is -2.45. The van der Waals surface area contributed by atoms with Gasteiger partial charge in [-0.15, -0.1) is 0 Å². The number of nitrogens with two attached hydrogens (primary N) is 1. The van der Waals surface area contributed by atoms with Crippen LogP contribution in [-0.4, -0.2) is 5.91 Å². The first kappa shape index (κ1) is 14.5. The minimum absolute atomic E-state index is 0.379. The number of carbonyl (C=O) groups is 1. The van der Waals surface area contributed by atoms with Gasteiger partial charge in [0, 0.05) is 10.2 Å². The molecule has 0 saturated heterocycles. The van der Waals surface area contributed by atoms with Gasteiger partial charge in [0.2, 0.25) is 5.91 Å². The Bertz CT molecular complexity index is 647. The molecule has 0 saturated carbocycles. The Kier molecular flexibility index (Phi) is 4.09. The predicted octanol–water partition coefficient (Wildman–Crippen LogP) is 3.40. The predicted molar refractivity (Wildman–Crippen MR) is 80.7 cm³/mol. The molecule has 3 N–H and O–H groups in total. The van der Waals surface area contributed by atoms with E-state index < -0.39 is 11.4 Å². The number of rotatable bonds is 4. The fraction of sp³-hybridized carbons (Fsp3) is 0.133. The van der Waals surface area contributed by atoms with Crippen molar-refractivity contribution in [1.82, 2.24) is 0 Å². The number of benzene rings is 2. The van der Waals surface area contributed by atoms with Crippen LogP contribution in [0.5, 0.6) is 0 Å². The van der Waals surface area contributed by atoms with Gasteiger partial charge in [-0.3, -0.25) is 4.79 Å². The molecule has 0 heterocycles. The maximum atomic E-state index is 13.2. The van der Waals surface area contributed by atoms with Crippen LogP contribution in [0.2, 0.25) is 0 Å². The molecule has 5 heteroatoms. The first-order valence-electron chi connectivity index (χ1n) is 6.01. The van der Waals surface area contributed by atoms with E-state index >= 15 is 0 Å². The Labute approximate surface area is 125 Å². The fourth-order valence-electron chi connectivity index (χ4n) is 1.93. The average Bonchev–Trinajstić information content (AvgIpc) is 2.38. The monoisotopic (exact) mass is 336 g/mol. The number of anilines is 1. The summed E-state index contributed by atoms with van der Waals surface area (Å²) in [6.45, 7) is 1.67. The average molecular weight is 337 g/mol. The van der Waals surface area contributed by atoms with E-state index in [2.05, 4.69) is 21.2 Å². The number of hydrogen-bond acceptors (Lipinski definition) is 2. The zero-order valence-corrected chi connectivity index (χ0v) is 12.4. The maximum absolute atomic E-state index is 13.2. The zero-order chi connectivity index (χ0) is 14.8. The summed E-state index contributed by atoms with van der Waals surface area (Å²) < 4.78 is 14.1. The van der Waals surface area contributed by atoms with Gasteiger partial charge in [0.1, 0.15) is 11.4 Å². The van der Waals surface area contributed by atoms with Crippen molar-refractivity contribution in [2.45, 2.75) is 12.5 Å². The Hall–Kier alpha value is -1.88. The summed E-state index contributed by atoms with van der Waals surface area (Å²) in [5.41, 5.74) is 5.59. The maximum Gasteiger partial charge on any atom is 0.247 e.